The van der Waals surface area contributed by atoms with Crippen LogP contribution in [0.15, 0.2) is 18.2 Å². The highest BCUT2D eigenvalue weighted by molar-refractivity contribution is 5.81. The molecule has 1 heterocycles. The Morgan fingerprint density at radius 1 is 1.42 bits per heavy atom. The van der Waals surface area contributed by atoms with E-state index in [1.54, 1.807) is 0 Å². The van der Waals surface area contributed by atoms with E-state index in [1.807, 2.05) is 32.0 Å². The van der Waals surface area contributed by atoms with Crippen LogP contribution in [0.4, 0.5) is 0 Å². The quantitative estimate of drug-likeness (QED) is 0.876. The maximum atomic E-state index is 11.9. The van der Waals surface area contributed by atoms with Crippen molar-refractivity contribution in [2.75, 3.05) is 6.54 Å². The van der Waals surface area contributed by atoms with Crippen molar-refractivity contribution in [3.8, 4) is 5.75 Å². The van der Waals surface area contributed by atoms with E-state index < -0.39 is 6.10 Å². The fraction of sp³-hybridized carbons (Fsp3) is 0.533. The monoisotopic (exact) mass is 262 g/mol. The normalized spacial score (nSPS) is 21.4. The molecule has 1 aromatic rings. The molecule has 1 aromatic carbocycles. The molecular formula is C15H22N2O2. The lowest BCUT2D eigenvalue weighted by molar-refractivity contribution is -0.127. The standard InChI is InChI=1S/C15H22N2O2/c1-10-6-7-12(11(2)16)14(9-10)19-13-5-3-4-8-17-15(13)18/h6-7,9,11,13H,3-5,8,16H2,1-2H3,(H,17,18)/t11-,13?/m1/s1. The molecule has 1 aliphatic rings. The number of carbonyl (C=O) groups is 1. The first-order chi connectivity index (χ1) is 9.08. The number of carbonyl (C=O) groups excluding carboxylic acids is 1. The minimum absolute atomic E-state index is 0.0189. The first-order valence-electron chi connectivity index (χ1n) is 6.88. The van der Waals surface area contributed by atoms with E-state index in [9.17, 15) is 4.79 Å². The van der Waals surface area contributed by atoms with Gasteiger partial charge < -0.3 is 15.8 Å². The predicted molar refractivity (Wildman–Crippen MR) is 75.1 cm³/mol. The lowest BCUT2D eigenvalue weighted by Crippen LogP contribution is -2.36. The molecule has 0 aromatic heterocycles. The number of aryl methyl sites for hydroxylation is 1. The van der Waals surface area contributed by atoms with Crippen LogP contribution in [-0.4, -0.2) is 18.6 Å². The Labute approximate surface area is 114 Å². The summed E-state index contributed by atoms with van der Waals surface area (Å²) < 4.78 is 5.93. The van der Waals surface area contributed by atoms with Crippen molar-refractivity contribution >= 4 is 5.91 Å². The molecule has 19 heavy (non-hydrogen) atoms. The number of hydrogen-bond donors (Lipinski definition) is 2. The summed E-state index contributed by atoms with van der Waals surface area (Å²) in [5.41, 5.74) is 8.01. The van der Waals surface area contributed by atoms with Crippen molar-refractivity contribution in [3.05, 3.63) is 29.3 Å². The molecule has 1 aliphatic heterocycles. The molecule has 1 amide bonds. The average Bonchev–Trinajstić information content (AvgIpc) is 2.55. The Bertz CT molecular complexity index is 457. The van der Waals surface area contributed by atoms with Crippen molar-refractivity contribution in [1.29, 1.82) is 0 Å². The molecule has 104 valence electrons. The second-order valence-electron chi connectivity index (χ2n) is 5.22. The van der Waals surface area contributed by atoms with Gasteiger partial charge in [0.1, 0.15) is 5.75 Å². The molecule has 4 heteroatoms. The van der Waals surface area contributed by atoms with Crippen molar-refractivity contribution in [2.45, 2.75) is 45.3 Å². The Morgan fingerprint density at radius 2 is 2.21 bits per heavy atom. The van der Waals surface area contributed by atoms with Crippen LogP contribution < -0.4 is 15.8 Å². The lowest BCUT2D eigenvalue weighted by Gasteiger charge is -2.20. The fourth-order valence-corrected chi connectivity index (χ4v) is 2.30. The average molecular weight is 262 g/mol. The van der Waals surface area contributed by atoms with Crippen LogP contribution >= 0.6 is 0 Å². The number of hydrogen-bond acceptors (Lipinski definition) is 3. The Kier molecular flexibility index (Phi) is 4.43. The van der Waals surface area contributed by atoms with Crippen LogP contribution in [0.1, 0.15) is 43.4 Å². The summed E-state index contributed by atoms with van der Waals surface area (Å²) in [6, 6.07) is 5.84. The number of benzene rings is 1. The number of rotatable bonds is 3. The van der Waals surface area contributed by atoms with Gasteiger partial charge in [0, 0.05) is 18.2 Å². The van der Waals surface area contributed by atoms with Gasteiger partial charge in [0.25, 0.3) is 5.91 Å². The van der Waals surface area contributed by atoms with Crippen LogP contribution in [0.25, 0.3) is 0 Å². The van der Waals surface area contributed by atoms with Gasteiger partial charge in [-0.3, -0.25) is 4.79 Å². The van der Waals surface area contributed by atoms with Crippen LogP contribution in [0.3, 0.4) is 0 Å². The van der Waals surface area contributed by atoms with Gasteiger partial charge in [-0.1, -0.05) is 12.1 Å². The van der Waals surface area contributed by atoms with Gasteiger partial charge in [-0.05, 0) is 44.7 Å². The Hall–Kier alpha value is -1.55. The minimum Gasteiger partial charge on any atom is -0.480 e. The summed E-state index contributed by atoms with van der Waals surface area (Å²) in [7, 11) is 0. The largest absolute Gasteiger partial charge is 0.480 e. The van der Waals surface area contributed by atoms with Crippen LogP contribution in [0.2, 0.25) is 0 Å². The van der Waals surface area contributed by atoms with E-state index >= 15 is 0 Å². The van der Waals surface area contributed by atoms with E-state index in [1.165, 1.54) is 0 Å². The van der Waals surface area contributed by atoms with Gasteiger partial charge in [-0.2, -0.15) is 0 Å². The van der Waals surface area contributed by atoms with E-state index in [0.717, 1.165) is 42.7 Å². The topological polar surface area (TPSA) is 64.3 Å². The molecule has 0 aliphatic carbocycles. The highest BCUT2D eigenvalue weighted by Gasteiger charge is 2.23. The molecule has 4 nitrogen and oxygen atoms in total. The van der Waals surface area contributed by atoms with Gasteiger partial charge in [0.15, 0.2) is 6.10 Å². The Morgan fingerprint density at radius 3 is 2.95 bits per heavy atom. The molecule has 1 unspecified atom stereocenters. The van der Waals surface area contributed by atoms with E-state index in [4.69, 9.17) is 10.5 Å². The van der Waals surface area contributed by atoms with Crippen molar-refractivity contribution in [1.82, 2.24) is 5.32 Å². The summed E-state index contributed by atoms with van der Waals surface area (Å²) in [6.45, 7) is 4.67. The van der Waals surface area contributed by atoms with Crippen molar-refractivity contribution < 1.29 is 9.53 Å². The number of ether oxygens (including phenoxy) is 1. The highest BCUT2D eigenvalue weighted by atomic mass is 16.5. The van der Waals surface area contributed by atoms with Gasteiger partial charge in [-0.15, -0.1) is 0 Å². The maximum absolute atomic E-state index is 11.9. The van der Waals surface area contributed by atoms with Gasteiger partial charge >= 0.3 is 0 Å². The van der Waals surface area contributed by atoms with E-state index in [-0.39, 0.29) is 11.9 Å². The molecule has 0 spiro atoms. The molecule has 2 atom stereocenters. The highest BCUT2D eigenvalue weighted by Crippen LogP contribution is 2.27. The second kappa shape index (κ2) is 6.06. The van der Waals surface area contributed by atoms with Crippen molar-refractivity contribution in [2.24, 2.45) is 5.73 Å². The summed E-state index contributed by atoms with van der Waals surface area (Å²) >= 11 is 0. The minimum atomic E-state index is -0.401. The zero-order valence-electron chi connectivity index (χ0n) is 11.6. The lowest BCUT2D eigenvalue weighted by atomic mass is 10.1. The first-order valence-corrected chi connectivity index (χ1v) is 6.88. The van der Waals surface area contributed by atoms with Crippen LogP contribution in [0.5, 0.6) is 5.75 Å². The number of nitrogens with one attached hydrogen (secondary N) is 1. The molecule has 0 bridgehead atoms. The zero-order valence-corrected chi connectivity index (χ0v) is 11.6. The van der Waals surface area contributed by atoms with Crippen LogP contribution in [0, 0.1) is 6.92 Å². The zero-order chi connectivity index (χ0) is 13.8. The second-order valence-corrected chi connectivity index (χ2v) is 5.22. The molecule has 2 rings (SSSR count). The summed E-state index contributed by atoms with van der Waals surface area (Å²) in [6.07, 6.45) is 2.38. The number of nitrogens with two attached hydrogens (primary N) is 1. The smallest absolute Gasteiger partial charge is 0.261 e. The summed E-state index contributed by atoms with van der Waals surface area (Å²) in [5, 5.41) is 2.88. The van der Waals surface area contributed by atoms with E-state index in [0.29, 0.717) is 0 Å². The third-order valence-electron chi connectivity index (χ3n) is 3.41. The molecule has 1 saturated heterocycles. The van der Waals surface area contributed by atoms with E-state index in [2.05, 4.69) is 5.32 Å². The maximum Gasteiger partial charge on any atom is 0.261 e. The molecule has 1 fully saturated rings. The fourth-order valence-electron chi connectivity index (χ4n) is 2.30. The van der Waals surface area contributed by atoms with Gasteiger partial charge in [0.05, 0.1) is 0 Å². The molecular weight excluding hydrogens is 240 g/mol. The third-order valence-corrected chi connectivity index (χ3v) is 3.41. The van der Waals surface area contributed by atoms with Crippen LogP contribution in [-0.2, 0) is 4.79 Å². The predicted octanol–water partition coefficient (Wildman–Crippen LogP) is 2.06. The molecule has 0 saturated carbocycles. The summed E-state index contributed by atoms with van der Waals surface area (Å²) in [5.74, 6) is 0.715. The van der Waals surface area contributed by atoms with Gasteiger partial charge in [-0.25, -0.2) is 0 Å². The first kappa shape index (κ1) is 13.9. The van der Waals surface area contributed by atoms with Crippen molar-refractivity contribution in [3.63, 3.8) is 0 Å². The SMILES string of the molecule is Cc1ccc([C@@H](C)N)c(OC2CCCCNC2=O)c1. The number of amides is 1. The van der Waals surface area contributed by atoms with Gasteiger partial charge in [0.2, 0.25) is 0 Å². The molecule has 0 radical (unpaired) electrons. The third kappa shape index (κ3) is 3.47. The molecule has 3 N–H and O–H groups in total. The summed E-state index contributed by atoms with van der Waals surface area (Å²) in [4.78, 5) is 11.9. The Balaban J connectivity index is 2.21.